The number of nitrogens with one attached hydrogen (secondary N) is 2. The third kappa shape index (κ3) is 10.3. The summed E-state index contributed by atoms with van der Waals surface area (Å²) in [5.41, 5.74) is 0. The summed E-state index contributed by atoms with van der Waals surface area (Å²) >= 11 is 0. The molecule has 0 aromatic heterocycles. The minimum Gasteiger partial charge on any atom is -0.378 e. The zero-order valence-corrected chi connectivity index (χ0v) is 19.9. The van der Waals surface area contributed by atoms with E-state index in [1.165, 1.54) is 0 Å². The molecule has 8 heteroatoms. The lowest BCUT2D eigenvalue weighted by atomic mass is 10.0. The first kappa shape index (κ1) is 26.1. The number of rotatable bonds is 11. The Balaban J connectivity index is 0.00000676. The van der Waals surface area contributed by atoms with Crippen molar-refractivity contribution < 1.29 is 13.2 Å². The minimum atomic E-state index is -3.23. The molecular weight excluding hydrogens is 477 g/mol. The highest BCUT2D eigenvalue weighted by molar-refractivity contribution is 14.0. The van der Waals surface area contributed by atoms with E-state index < -0.39 is 9.84 Å². The highest BCUT2D eigenvalue weighted by atomic mass is 127. The second-order valence-electron chi connectivity index (χ2n) is 6.44. The van der Waals surface area contributed by atoms with Gasteiger partial charge in [-0.15, -0.1) is 24.0 Å². The molecule has 156 valence electrons. The monoisotopic (exact) mass is 511 g/mol. The summed E-state index contributed by atoms with van der Waals surface area (Å²) in [6.07, 6.45) is 1.64. The van der Waals surface area contributed by atoms with Gasteiger partial charge in [-0.25, -0.2) is 8.42 Å². The quantitative estimate of drug-likeness (QED) is 0.207. The minimum absolute atomic E-state index is 0. The number of halogens is 1. The number of guanidine groups is 1. The summed E-state index contributed by atoms with van der Waals surface area (Å²) in [4.78, 5) is 4.55. The van der Waals surface area contributed by atoms with Crippen LogP contribution in [0.1, 0.15) is 33.6 Å². The molecule has 6 nitrogen and oxygen atoms in total. The molecule has 1 rings (SSSR count). The van der Waals surface area contributed by atoms with E-state index in [0.29, 0.717) is 36.3 Å². The van der Waals surface area contributed by atoms with Gasteiger partial charge in [-0.1, -0.05) is 32.0 Å². The van der Waals surface area contributed by atoms with Gasteiger partial charge in [0.05, 0.1) is 16.8 Å². The Kier molecular flexibility index (Phi) is 13.7. The molecule has 2 N–H and O–H groups in total. The molecule has 0 amide bonds. The molecule has 1 aromatic rings. The van der Waals surface area contributed by atoms with Crippen molar-refractivity contribution >= 4 is 39.8 Å². The maximum absolute atomic E-state index is 12.2. The van der Waals surface area contributed by atoms with Gasteiger partial charge in [0.15, 0.2) is 15.8 Å². The van der Waals surface area contributed by atoms with Crippen LogP contribution >= 0.6 is 24.0 Å². The molecule has 1 unspecified atom stereocenters. The SMILES string of the molecule is CCOC(CCNC(=NC)NCCCS(=O)(=O)c1ccccc1)C(C)C.I. The average molecular weight is 511 g/mol. The number of sulfone groups is 1. The summed E-state index contributed by atoms with van der Waals surface area (Å²) in [6, 6.07) is 8.55. The normalized spacial score (nSPS) is 13.1. The van der Waals surface area contributed by atoms with Crippen LogP contribution in [0.25, 0.3) is 0 Å². The topological polar surface area (TPSA) is 79.8 Å². The van der Waals surface area contributed by atoms with Crippen LogP contribution in [0.3, 0.4) is 0 Å². The van der Waals surface area contributed by atoms with Gasteiger partial charge < -0.3 is 15.4 Å². The highest BCUT2D eigenvalue weighted by Gasteiger charge is 2.14. The number of hydrogen-bond acceptors (Lipinski definition) is 4. The highest BCUT2D eigenvalue weighted by Crippen LogP contribution is 2.11. The van der Waals surface area contributed by atoms with E-state index in [1.54, 1.807) is 31.3 Å². The van der Waals surface area contributed by atoms with E-state index in [0.717, 1.165) is 13.0 Å². The zero-order chi connectivity index (χ0) is 19.4. The first-order chi connectivity index (χ1) is 12.4. The fourth-order valence-electron chi connectivity index (χ4n) is 2.59. The molecule has 0 aliphatic carbocycles. The molecule has 0 fully saturated rings. The molecule has 27 heavy (non-hydrogen) atoms. The third-order valence-electron chi connectivity index (χ3n) is 4.05. The molecule has 1 atom stereocenters. The van der Waals surface area contributed by atoms with Gasteiger partial charge in [-0.05, 0) is 37.8 Å². The van der Waals surface area contributed by atoms with Gasteiger partial charge in [-0.3, -0.25) is 4.99 Å². The van der Waals surface area contributed by atoms with E-state index in [-0.39, 0.29) is 35.8 Å². The summed E-state index contributed by atoms with van der Waals surface area (Å²) in [7, 11) is -1.52. The number of aliphatic imine (C=N–C) groups is 1. The van der Waals surface area contributed by atoms with Gasteiger partial charge in [0.1, 0.15) is 0 Å². The standard InChI is InChI=1S/C19H33N3O3S.HI/c1-5-25-18(16(2)3)12-14-22-19(20-4)21-13-9-15-26(23,24)17-10-7-6-8-11-17;/h6-8,10-11,16,18H,5,9,12-15H2,1-4H3,(H2,20,21,22);1H. The molecule has 0 saturated heterocycles. The zero-order valence-electron chi connectivity index (χ0n) is 16.8. The van der Waals surface area contributed by atoms with Crippen molar-refractivity contribution in [3.8, 4) is 0 Å². The lowest BCUT2D eigenvalue weighted by Crippen LogP contribution is -2.40. The van der Waals surface area contributed by atoms with Crippen molar-refractivity contribution in [2.45, 2.75) is 44.6 Å². The molecule has 1 aromatic carbocycles. The largest absolute Gasteiger partial charge is 0.378 e. The van der Waals surface area contributed by atoms with Crippen LogP contribution in [0.5, 0.6) is 0 Å². The van der Waals surface area contributed by atoms with Crippen LogP contribution in [0.2, 0.25) is 0 Å². The Hall–Kier alpha value is -0.870. The Morgan fingerprint density at radius 2 is 1.78 bits per heavy atom. The van der Waals surface area contributed by atoms with Crippen LogP contribution in [0.4, 0.5) is 0 Å². The lowest BCUT2D eigenvalue weighted by Gasteiger charge is -2.21. The van der Waals surface area contributed by atoms with Gasteiger partial charge in [0, 0.05) is 26.7 Å². The Labute approximate surface area is 181 Å². The van der Waals surface area contributed by atoms with Crippen molar-refractivity contribution in [2.24, 2.45) is 10.9 Å². The van der Waals surface area contributed by atoms with Crippen molar-refractivity contribution in [2.75, 3.05) is 32.5 Å². The Bertz CT molecular complexity index is 637. The average Bonchev–Trinajstić information content (AvgIpc) is 2.63. The number of nitrogens with zero attached hydrogens (tertiary/aromatic N) is 1. The predicted octanol–water partition coefficient (Wildman–Crippen LogP) is 3.08. The summed E-state index contributed by atoms with van der Waals surface area (Å²) < 4.78 is 30.2. The van der Waals surface area contributed by atoms with Crippen molar-refractivity contribution in [3.63, 3.8) is 0 Å². The van der Waals surface area contributed by atoms with E-state index in [1.807, 2.05) is 13.0 Å². The molecule has 0 aliphatic rings. The maximum Gasteiger partial charge on any atom is 0.190 e. The summed E-state index contributed by atoms with van der Waals surface area (Å²) in [5, 5.41) is 6.41. The van der Waals surface area contributed by atoms with Crippen LogP contribution < -0.4 is 10.6 Å². The predicted molar refractivity (Wildman–Crippen MR) is 123 cm³/mol. The van der Waals surface area contributed by atoms with Gasteiger partial charge in [0.2, 0.25) is 0 Å². The van der Waals surface area contributed by atoms with E-state index >= 15 is 0 Å². The number of hydrogen-bond donors (Lipinski definition) is 2. The van der Waals surface area contributed by atoms with Crippen molar-refractivity contribution in [1.82, 2.24) is 10.6 Å². The summed E-state index contributed by atoms with van der Waals surface area (Å²) in [5.74, 6) is 1.26. The number of ether oxygens (including phenoxy) is 1. The van der Waals surface area contributed by atoms with Crippen LogP contribution in [-0.4, -0.2) is 53.0 Å². The van der Waals surface area contributed by atoms with Crippen LogP contribution in [-0.2, 0) is 14.6 Å². The third-order valence-corrected chi connectivity index (χ3v) is 5.87. The lowest BCUT2D eigenvalue weighted by molar-refractivity contribution is 0.0258. The molecule has 0 spiro atoms. The molecular formula is C19H34IN3O3S. The molecule has 0 saturated carbocycles. The Morgan fingerprint density at radius 1 is 1.15 bits per heavy atom. The maximum atomic E-state index is 12.2. The number of benzene rings is 1. The fourth-order valence-corrected chi connectivity index (χ4v) is 3.92. The van der Waals surface area contributed by atoms with Gasteiger partial charge in [-0.2, -0.15) is 0 Å². The smallest absolute Gasteiger partial charge is 0.190 e. The molecule has 0 heterocycles. The molecule has 0 aliphatic heterocycles. The van der Waals surface area contributed by atoms with E-state index in [9.17, 15) is 8.42 Å². The van der Waals surface area contributed by atoms with Gasteiger partial charge >= 0.3 is 0 Å². The first-order valence-electron chi connectivity index (χ1n) is 9.24. The second kappa shape index (κ2) is 14.2. The summed E-state index contributed by atoms with van der Waals surface area (Å²) in [6.45, 7) is 8.33. The van der Waals surface area contributed by atoms with Crippen LogP contribution in [0, 0.1) is 5.92 Å². The molecule has 0 bridgehead atoms. The van der Waals surface area contributed by atoms with Gasteiger partial charge in [0.25, 0.3) is 0 Å². The van der Waals surface area contributed by atoms with E-state index in [2.05, 4.69) is 29.5 Å². The first-order valence-corrected chi connectivity index (χ1v) is 10.9. The van der Waals surface area contributed by atoms with Crippen molar-refractivity contribution in [1.29, 1.82) is 0 Å². The molecule has 0 radical (unpaired) electrons. The Morgan fingerprint density at radius 3 is 2.33 bits per heavy atom. The fraction of sp³-hybridized carbons (Fsp3) is 0.632. The van der Waals surface area contributed by atoms with E-state index in [4.69, 9.17) is 4.74 Å². The van der Waals surface area contributed by atoms with Crippen molar-refractivity contribution in [3.05, 3.63) is 30.3 Å². The van der Waals surface area contributed by atoms with Crippen LogP contribution in [0.15, 0.2) is 40.2 Å². The second-order valence-corrected chi connectivity index (χ2v) is 8.55.